The van der Waals surface area contributed by atoms with E-state index in [0.29, 0.717) is 0 Å². The third-order valence-electron chi connectivity index (χ3n) is 14.8. The lowest BCUT2D eigenvalue weighted by Gasteiger charge is -2.29. The topological polar surface area (TPSA) is 22.9 Å². The highest BCUT2D eigenvalue weighted by Gasteiger charge is 2.36. The molecule has 0 N–H and O–H groups in total. The maximum atomic E-state index is 6.91. The number of benzene rings is 9. The molecule has 2 aromatic heterocycles. The van der Waals surface area contributed by atoms with Gasteiger partial charge in [0.1, 0.15) is 5.58 Å². The van der Waals surface area contributed by atoms with Crippen LogP contribution in [0.1, 0.15) is 38.8 Å². The Labute approximate surface area is 449 Å². The first-order chi connectivity index (χ1) is 37.3. The van der Waals surface area contributed by atoms with Gasteiger partial charge in [0, 0.05) is 81.9 Å². The monoisotopic (exact) mass is 999 g/mol. The van der Waals surface area contributed by atoms with Gasteiger partial charge in [0.25, 0.3) is 0 Å². The van der Waals surface area contributed by atoms with Crippen molar-refractivity contribution in [1.82, 2.24) is 0 Å². The number of hydrogen-bond donors (Lipinski definition) is 0. The lowest BCUT2D eigenvalue weighted by Crippen LogP contribution is -2.19. The third kappa shape index (κ3) is 8.36. The maximum absolute atomic E-state index is 6.91. The van der Waals surface area contributed by atoms with E-state index >= 15 is 0 Å². The van der Waals surface area contributed by atoms with Crippen LogP contribution in [0.2, 0.25) is 0 Å². The Morgan fingerprint density at radius 2 is 1.13 bits per heavy atom. The van der Waals surface area contributed by atoms with E-state index in [2.05, 4.69) is 285 Å². The minimum Gasteiger partial charge on any atom is -0.454 e. The predicted molar refractivity (Wildman–Crippen MR) is 328 cm³/mol. The highest BCUT2D eigenvalue weighted by Crippen LogP contribution is 2.50. The second-order valence-corrected chi connectivity index (χ2v) is 20.8. The number of fused-ring (bicyclic) bond motifs is 7. The highest BCUT2D eigenvalue weighted by atomic mass is 32.1. The van der Waals surface area contributed by atoms with Gasteiger partial charge in [0.05, 0.1) is 5.69 Å². The molecule has 2 heterocycles. The molecule has 11 aromatic rings. The summed E-state index contributed by atoms with van der Waals surface area (Å²) in [5, 5.41) is 4.52. The molecule has 9 aromatic carbocycles. The molecule has 368 valence electrons. The van der Waals surface area contributed by atoms with E-state index in [-0.39, 0.29) is 5.41 Å². The van der Waals surface area contributed by atoms with E-state index in [4.69, 9.17) is 4.42 Å². The Morgan fingerprint density at radius 1 is 0.513 bits per heavy atom. The van der Waals surface area contributed by atoms with Crippen LogP contribution in [0.25, 0.3) is 58.8 Å². The second-order valence-electron chi connectivity index (χ2n) is 19.7. The van der Waals surface area contributed by atoms with Gasteiger partial charge >= 0.3 is 0 Å². The second kappa shape index (κ2) is 19.9. The normalized spacial score (nSPS) is 13.4. The molecular formula is C71H57N3OS. The van der Waals surface area contributed by atoms with Gasteiger partial charge in [0.15, 0.2) is 5.58 Å². The molecule has 0 amide bonds. The van der Waals surface area contributed by atoms with E-state index in [1.54, 1.807) is 0 Å². The maximum Gasteiger partial charge on any atom is 0.159 e. The smallest absolute Gasteiger partial charge is 0.159 e. The first kappa shape index (κ1) is 47.8. The van der Waals surface area contributed by atoms with Gasteiger partial charge in [0.2, 0.25) is 0 Å². The molecule has 1 aliphatic carbocycles. The number of thiophene rings is 1. The van der Waals surface area contributed by atoms with E-state index in [1.807, 2.05) is 30.4 Å². The van der Waals surface area contributed by atoms with Crippen LogP contribution in [0.15, 0.2) is 278 Å². The summed E-state index contributed by atoms with van der Waals surface area (Å²) in [7, 11) is 0. The summed E-state index contributed by atoms with van der Waals surface area (Å²) >= 11 is 1.82. The number of furan rings is 1. The van der Waals surface area contributed by atoms with E-state index in [1.165, 1.54) is 53.6 Å². The molecule has 12 rings (SSSR count). The molecule has 0 saturated carbocycles. The van der Waals surface area contributed by atoms with Gasteiger partial charge in [-0.2, -0.15) is 0 Å². The van der Waals surface area contributed by atoms with Crippen molar-refractivity contribution in [2.45, 2.75) is 33.1 Å². The number of rotatable bonds is 14. The summed E-state index contributed by atoms with van der Waals surface area (Å²) in [6, 6.07) is 74.2. The van der Waals surface area contributed by atoms with E-state index < -0.39 is 0 Å². The van der Waals surface area contributed by atoms with Crippen LogP contribution >= 0.6 is 11.3 Å². The Hall–Kier alpha value is -9.16. The first-order valence-electron chi connectivity index (χ1n) is 26.0. The quantitative estimate of drug-likeness (QED) is 0.101. The van der Waals surface area contributed by atoms with Gasteiger partial charge in [-0.3, -0.25) is 0 Å². The van der Waals surface area contributed by atoms with Gasteiger partial charge < -0.3 is 19.1 Å². The largest absolute Gasteiger partial charge is 0.454 e. The van der Waals surface area contributed by atoms with Crippen LogP contribution in [-0.4, -0.2) is 0 Å². The van der Waals surface area contributed by atoms with Crippen molar-refractivity contribution in [1.29, 1.82) is 0 Å². The Balaban J connectivity index is 0.943. The van der Waals surface area contributed by atoms with Crippen molar-refractivity contribution in [3.05, 3.63) is 284 Å². The zero-order chi connectivity index (χ0) is 51.9. The zero-order valence-electron chi connectivity index (χ0n) is 43.2. The molecule has 0 atom stereocenters. The third-order valence-corrected chi connectivity index (χ3v) is 16.0. The minimum absolute atomic E-state index is 0.209. The molecule has 0 unspecified atom stereocenters. The van der Waals surface area contributed by atoms with Crippen molar-refractivity contribution in [3.63, 3.8) is 0 Å². The molecule has 0 spiro atoms. The Morgan fingerprint density at radius 3 is 1.83 bits per heavy atom. The van der Waals surface area contributed by atoms with Crippen LogP contribution in [0.5, 0.6) is 0 Å². The summed E-state index contributed by atoms with van der Waals surface area (Å²) < 4.78 is 9.34. The average molecular weight is 1000 g/mol. The summed E-state index contributed by atoms with van der Waals surface area (Å²) in [6.07, 6.45) is 14.6. The van der Waals surface area contributed by atoms with Gasteiger partial charge in [-0.25, -0.2) is 0 Å². The fourth-order valence-electron chi connectivity index (χ4n) is 11.2. The molecule has 76 heavy (non-hydrogen) atoms. The molecular weight excluding hydrogens is 943 g/mol. The van der Waals surface area contributed by atoms with Crippen molar-refractivity contribution in [2.24, 2.45) is 0 Å². The van der Waals surface area contributed by atoms with Crippen LogP contribution < -0.4 is 14.7 Å². The number of allylic oxidation sites excluding steroid dienone is 9. The summed E-state index contributed by atoms with van der Waals surface area (Å²) in [5.74, 6) is 0. The summed E-state index contributed by atoms with van der Waals surface area (Å²) in [4.78, 5) is 6.98. The molecule has 5 heteroatoms. The Kier molecular flexibility index (Phi) is 12.5. The summed E-state index contributed by atoms with van der Waals surface area (Å²) in [6.45, 7) is 17.3. The highest BCUT2D eigenvalue weighted by molar-refractivity contribution is 7.25. The van der Waals surface area contributed by atoms with Gasteiger partial charge in [-0.1, -0.05) is 161 Å². The number of para-hydroxylation sites is 3. The molecule has 0 bridgehead atoms. The molecule has 0 fully saturated rings. The van der Waals surface area contributed by atoms with Crippen LogP contribution in [0.4, 0.5) is 45.5 Å². The van der Waals surface area contributed by atoms with Gasteiger partial charge in [-0.05, 0) is 163 Å². The SMILES string of the molecule is C=CC1=C(/C=C\C)c2ccc(N(/C(C=C)=C/C=C\C)c3ccc4c(c3)sc3ccc(N(c5ccccc5)c5ccc6oc7c(N(c8ccccc8)c8ccc(-c9ccccc9)cc8)cccc7c6c5)cc34)cc2C1(C)C. The molecule has 0 radical (unpaired) electrons. The lowest BCUT2D eigenvalue weighted by atomic mass is 9.81. The summed E-state index contributed by atoms with van der Waals surface area (Å²) in [5.41, 5.74) is 18.2. The van der Waals surface area contributed by atoms with Crippen molar-refractivity contribution in [2.75, 3.05) is 14.7 Å². The molecule has 1 aliphatic rings. The predicted octanol–water partition coefficient (Wildman–Crippen LogP) is 21.2. The minimum atomic E-state index is -0.209. The standard InChI is InChI=1S/C71H57N3OS/c1-7-11-25-50(9-3)72(56-36-40-59-58(22-8-2)64(10-4)71(5,6)65(59)46-56)57-37-41-60-63-45-55(39-43-68(63)76-69(60)47-57)73(51-26-17-13-18-27-51)54-38-42-67-62(44-54)61-30-21-31-66(70(61)75-67)74(52-28-19-14-20-29-52)53-34-32-49(33-35-53)48-23-15-12-16-24-48/h7-47H,3-4H2,1-2,5-6H3/b11-7-,22-8-,50-25+. The molecule has 0 saturated heterocycles. The van der Waals surface area contributed by atoms with Crippen LogP contribution in [-0.2, 0) is 5.41 Å². The number of anilines is 8. The average Bonchev–Trinajstić information content (AvgIpc) is 4.16. The van der Waals surface area contributed by atoms with Crippen molar-refractivity contribution in [3.8, 4) is 11.1 Å². The van der Waals surface area contributed by atoms with Crippen molar-refractivity contribution >= 4 is 105 Å². The zero-order valence-corrected chi connectivity index (χ0v) is 44.1. The fourth-order valence-corrected chi connectivity index (χ4v) is 12.3. The van der Waals surface area contributed by atoms with E-state index in [9.17, 15) is 0 Å². The fraction of sp³-hybridized carbons (Fsp3) is 0.0704. The van der Waals surface area contributed by atoms with Crippen molar-refractivity contribution < 1.29 is 4.42 Å². The Bertz CT molecular complexity index is 4140. The lowest BCUT2D eigenvalue weighted by molar-refractivity contribution is 0.654. The molecule has 4 nitrogen and oxygen atoms in total. The number of hydrogen-bond acceptors (Lipinski definition) is 5. The van der Waals surface area contributed by atoms with Crippen LogP contribution in [0.3, 0.4) is 0 Å². The van der Waals surface area contributed by atoms with Crippen LogP contribution in [0, 0.1) is 0 Å². The first-order valence-corrected chi connectivity index (χ1v) is 26.8. The number of nitrogens with zero attached hydrogens (tertiary/aromatic N) is 3. The van der Waals surface area contributed by atoms with Gasteiger partial charge in [-0.15, -0.1) is 11.3 Å². The molecule has 0 aliphatic heterocycles. The van der Waals surface area contributed by atoms with E-state index in [0.717, 1.165) is 73.1 Å².